The lowest BCUT2D eigenvalue weighted by atomic mass is 9.70. The van der Waals surface area contributed by atoms with Crippen LogP contribution in [0.4, 0.5) is 5.69 Å². The van der Waals surface area contributed by atoms with E-state index in [1.54, 1.807) is 0 Å². The monoisotopic (exact) mass is 355 g/mol. The second-order valence-corrected chi connectivity index (χ2v) is 7.20. The van der Waals surface area contributed by atoms with Crippen LogP contribution in [0.25, 0.3) is 0 Å². The van der Waals surface area contributed by atoms with E-state index in [-0.39, 0.29) is 51.6 Å². The number of allylic oxidation sites excluding steroid dienone is 3. The number of carbonyl (C=O) groups is 1. The minimum atomic E-state index is -0.993. The van der Waals surface area contributed by atoms with Gasteiger partial charge in [0.05, 0.1) is 10.8 Å². The lowest BCUT2D eigenvalue weighted by molar-refractivity contribution is -0.384. The summed E-state index contributed by atoms with van der Waals surface area (Å²) in [6.45, 7) is 3.83. The van der Waals surface area contributed by atoms with E-state index in [2.05, 4.69) is 0 Å². The number of nitrogens with zero attached hydrogens (tertiary/aromatic N) is 2. The number of hydrogen-bond donors (Lipinski definition) is 2. The molecule has 0 unspecified atom stereocenters. The van der Waals surface area contributed by atoms with Gasteiger partial charge in [0.15, 0.2) is 5.78 Å². The van der Waals surface area contributed by atoms with Crippen molar-refractivity contribution in [3.63, 3.8) is 0 Å². The highest BCUT2D eigenvalue weighted by Gasteiger charge is 2.44. The SMILES string of the molecule is CC1(C)CC(=O)C2=C(C1)OC(N)=C(C#N)[C@H]2c1cc([N+](=O)[O-])ccc1O. The second-order valence-electron chi connectivity index (χ2n) is 7.20. The molecule has 3 rings (SSSR count). The maximum absolute atomic E-state index is 12.8. The lowest BCUT2D eigenvalue weighted by Crippen LogP contribution is -2.33. The molecule has 0 aromatic heterocycles. The molecule has 8 heteroatoms. The third kappa shape index (κ3) is 2.77. The van der Waals surface area contributed by atoms with Crippen LogP contribution in [0.2, 0.25) is 0 Å². The van der Waals surface area contributed by atoms with Gasteiger partial charge in [-0.25, -0.2) is 0 Å². The highest BCUT2D eigenvalue weighted by molar-refractivity contribution is 6.00. The molecule has 1 heterocycles. The van der Waals surface area contributed by atoms with Crippen LogP contribution in [0.1, 0.15) is 38.2 Å². The third-order valence-electron chi connectivity index (χ3n) is 4.61. The number of hydrogen-bond acceptors (Lipinski definition) is 7. The fourth-order valence-corrected chi connectivity index (χ4v) is 3.48. The van der Waals surface area contributed by atoms with Crippen molar-refractivity contribution in [1.82, 2.24) is 0 Å². The van der Waals surface area contributed by atoms with E-state index in [9.17, 15) is 25.3 Å². The molecule has 0 spiro atoms. The number of aromatic hydroxyl groups is 1. The number of nitro groups is 1. The summed E-state index contributed by atoms with van der Waals surface area (Å²) in [5.74, 6) is -1.29. The minimum absolute atomic E-state index is 0.0485. The summed E-state index contributed by atoms with van der Waals surface area (Å²) in [6.07, 6.45) is 0.666. The topological polar surface area (TPSA) is 139 Å². The maximum Gasteiger partial charge on any atom is 0.270 e. The van der Waals surface area contributed by atoms with Gasteiger partial charge in [-0.1, -0.05) is 13.8 Å². The van der Waals surface area contributed by atoms with Gasteiger partial charge in [0.1, 0.15) is 23.2 Å². The van der Waals surface area contributed by atoms with Gasteiger partial charge in [-0.15, -0.1) is 0 Å². The van der Waals surface area contributed by atoms with Crippen molar-refractivity contribution < 1.29 is 19.6 Å². The van der Waals surface area contributed by atoms with E-state index in [4.69, 9.17) is 10.5 Å². The maximum atomic E-state index is 12.8. The molecule has 0 saturated heterocycles. The number of rotatable bonds is 2. The molecule has 0 amide bonds. The van der Waals surface area contributed by atoms with Crippen molar-refractivity contribution in [2.45, 2.75) is 32.6 Å². The first-order valence-corrected chi connectivity index (χ1v) is 7.96. The Morgan fingerprint density at radius 2 is 2.12 bits per heavy atom. The van der Waals surface area contributed by atoms with E-state index in [0.717, 1.165) is 12.1 Å². The first-order chi connectivity index (χ1) is 12.1. The van der Waals surface area contributed by atoms with Crippen LogP contribution in [-0.2, 0) is 9.53 Å². The van der Waals surface area contributed by atoms with Crippen LogP contribution >= 0.6 is 0 Å². The fourth-order valence-electron chi connectivity index (χ4n) is 3.48. The summed E-state index contributed by atoms with van der Waals surface area (Å²) in [7, 11) is 0. The Bertz CT molecular complexity index is 937. The van der Waals surface area contributed by atoms with Crippen LogP contribution < -0.4 is 5.73 Å². The number of Topliss-reactive ketones (excluding diaryl/α,β-unsaturated/α-hetero) is 1. The summed E-state index contributed by atoms with van der Waals surface area (Å²) >= 11 is 0. The smallest absolute Gasteiger partial charge is 0.270 e. The normalized spacial score (nSPS) is 21.7. The Hall–Kier alpha value is -3.34. The van der Waals surface area contributed by atoms with Crippen LogP contribution in [0.5, 0.6) is 5.75 Å². The molecule has 2 aliphatic rings. The van der Waals surface area contributed by atoms with Crippen LogP contribution in [-0.4, -0.2) is 15.8 Å². The molecule has 1 aromatic carbocycles. The van der Waals surface area contributed by atoms with Gasteiger partial charge in [-0.3, -0.25) is 14.9 Å². The van der Waals surface area contributed by atoms with E-state index in [0.29, 0.717) is 12.2 Å². The van der Waals surface area contributed by atoms with Crippen molar-refractivity contribution in [2.24, 2.45) is 11.1 Å². The molecule has 1 aromatic rings. The molecule has 8 nitrogen and oxygen atoms in total. The second kappa shape index (κ2) is 5.88. The molecule has 26 heavy (non-hydrogen) atoms. The molecule has 134 valence electrons. The zero-order chi connectivity index (χ0) is 19.2. The predicted octanol–water partition coefficient (Wildman–Crippen LogP) is 2.75. The van der Waals surface area contributed by atoms with Gasteiger partial charge in [0.2, 0.25) is 5.88 Å². The first kappa shape index (κ1) is 17.5. The number of nitro benzene ring substituents is 1. The molecule has 0 radical (unpaired) electrons. The number of nitrogens with two attached hydrogens (primary N) is 1. The molecule has 3 N–H and O–H groups in total. The zero-order valence-electron chi connectivity index (χ0n) is 14.3. The van der Waals surface area contributed by atoms with Gasteiger partial charge in [-0.05, 0) is 11.5 Å². The van der Waals surface area contributed by atoms with Crippen LogP contribution in [0, 0.1) is 26.9 Å². The number of ether oxygens (including phenoxy) is 1. The Morgan fingerprint density at radius 3 is 2.73 bits per heavy atom. The summed E-state index contributed by atoms with van der Waals surface area (Å²) in [5.41, 5.74) is 5.55. The van der Waals surface area contributed by atoms with E-state index in [1.165, 1.54) is 6.07 Å². The first-order valence-electron chi connectivity index (χ1n) is 7.96. The summed E-state index contributed by atoms with van der Waals surface area (Å²) in [4.78, 5) is 23.3. The van der Waals surface area contributed by atoms with E-state index >= 15 is 0 Å². The highest BCUT2D eigenvalue weighted by Crippen LogP contribution is 2.49. The average molecular weight is 355 g/mol. The van der Waals surface area contributed by atoms with Crippen molar-refractivity contribution in [3.05, 3.63) is 56.7 Å². The van der Waals surface area contributed by atoms with Crippen molar-refractivity contribution in [3.8, 4) is 11.8 Å². The molecule has 1 aliphatic heterocycles. The number of phenols is 1. The van der Waals surface area contributed by atoms with Crippen molar-refractivity contribution in [2.75, 3.05) is 0 Å². The Morgan fingerprint density at radius 1 is 1.42 bits per heavy atom. The van der Waals surface area contributed by atoms with E-state index < -0.39 is 10.8 Å². The van der Waals surface area contributed by atoms with Gasteiger partial charge < -0.3 is 15.6 Å². The average Bonchev–Trinajstić information content (AvgIpc) is 2.52. The van der Waals surface area contributed by atoms with Gasteiger partial charge in [0, 0.05) is 36.1 Å². The number of non-ortho nitro benzene ring substituents is 1. The Labute approximate surface area is 149 Å². The molecular weight excluding hydrogens is 338 g/mol. The lowest BCUT2D eigenvalue weighted by Gasteiger charge is -2.37. The van der Waals surface area contributed by atoms with Crippen LogP contribution in [0.3, 0.4) is 0 Å². The third-order valence-corrected chi connectivity index (χ3v) is 4.61. The number of phenolic OH excluding ortho intramolecular Hbond substituents is 1. The molecule has 0 fully saturated rings. The Balaban J connectivity index is 2.25. The number of ketones is 1. The summed E-state index contributed by atoms with van der Waals surface area (Å²) in [5, 5.41) is 30.9. The quantitative estimate of drug-likeness (QED) is 0.614. The Kier molecular flexibility index (Phi) is 3.95. The number of carbonyl (C=O) groups excluding carboxylic acids is 1. The predicted molar refractivity (Wildman–Crippen MR) is 90.5 cm³/mol. The summed E-state index contributed by atoms with van der Waals surface area (Å²) < 4.78 is 5.55. The van der Waals surface area contributed by atoms with Gasteiger partial charge in [-0.2, -0.15) is 5.26 Å². The minimum Gasteiger partial charge on any atom is -0.508 e. The van der Waals surface area contributed by atoms with Crippen molar-refractivity contribution in [1.29, 1.82) is 5.26 Å². The molecule has 1 atom stereocenters. The van der Waals surface area contributed by atoms with Crippen molar-refractivity contribution >= 4 is 11.5 Å². The number of nitriles is 1. The number of benzene rings is 1. The van der Waals surface area contributed by atoms with Crippen LogP contribution in [0.15, 0.2) is 41.0 Å². The molecule has 1 aliphatic carbocycles. The molecule has 0 saturated carbocycles. The standard InChI is InChI=1S/C18H17N3O5/c1-18(2)6-13(23)16-14(7-18)26-17(20)11(8-19)15(16)10-5-9(21(24)25)3-4-12(10)22/h3-5,15,22H,6-7,20H2,1-2H3/t15-/m1/s1. The molecule has 0 bridgehead atoms. The fraction of sp³-hybridized carbons (Fsp3) is 0.333. The molecular formula is C18H17N3O5. The van der Waals surface area contributed by atoms with Gasteiger partial charge in [0.25, 0.3) is 5.69 Å². The van der Waals surface area contributed by atoms with Gasteiger partial charge >= 0.3 is 0 Å². The highest BCUT2D eigenvalue weighted by atomic mass is 16.6. The van der Waals surface area contributed by atoms with E-state index in [1.807, 2.05) is 19.9 Å². The largest absolute Gasteiger partial charge is 0.508 e. The summed E-state index contributed by atoms with van der Waals surface area (Å²) in [6, 6.07) is 5.40. The zero-order valence-corrected chi connectivity index (χ0v) is 14.3.